The van der Waals surface area contributed by atoms with Gasteiger partial charge in [0.1, 0.15) is 0 Å². The highest BCUT2D eigenvalue weighted by molar-refractivity contribution is 7.69. The SMILES string of the molecule is Cc1cc(C)[s+]s1.[Cl-]. The Bertz CT molecular complexity index is 143. The van der Waals surface area contributed by atoms with Gasteiger partial charge in [0, 0.05) is 13.0 Å². The molecule has 1 heterocycles. The summed E-state index contributed by atoms with van der Waals surface area (Å²) in [4.78, 5) is 2.84. The maximum Gasteiger partial charge on any atom is 0.294 e. The average Bonchev–Trinajstić information content (AvgIpc) is 1.87. The molecule has 46 valence electrons. The van der Waals surface area contributed by atoms with Crippen molar-refractivity contribution in [2.45, 2.75) is 13.8 Å². The Labute approximate surface area is 63.0 Å². The molecule has 0 aliphatic carbocycles. The van der Waals surface area contributed by atoms with Crippen molar-refractivity contribution in [2.24, 2.45) is 0 Å². The highest BCUT2D eigenvalue weighted by atomic mass is 35.5. The van der Waals surface area contributed by atoms with Gasteiger partial charge in [-0.1, -0.05) is 0 Å². The molecule has 0 bridgehead atoms. The molecular weight excluding hydrogens is 160 g/mol. The summed E-state index contributed by atoms with van der Waals surface area (Å²) in [6, 6.07) is 2.20. The fourth-order valence-corrected chi connectivity index (χ4v) is 2.33. The van der Waals surface area contributed by atoms with Gasteiger partial charge in [0.15, 0.2) is 10.3 Å². The van der Waals surface area contributed by atoms with E-state index in [0.717, 1.165) is 0 Å². The number of halogens is 1. The van der Waals surface area contributed by atoms with Gasteiger partial charge in [-0.2, -0.15) is 0 Å². The highest BCUT2D eigenvalue weighted by Crippen LogP contribution is 2.18. The topological polar surface area (TPSA) is 0 Å². The number of aryl methyl sites for hydroxylation is 2. The van der Waals surface area contributed by atoms with Crippen LogP contribution in [0, 0.1) is 13.8 Å². The van der Waals surface area contributed by atoms with Gasteiger partial charge in [-0.3, -0.25) is 0 Å². The predicted molar refractivity (Wildman–Crippen MR) is 36.1 cm³/mol. The molecule has 0 nitrogen and oxygen atoms in total. The lowest BCUT2D eigenvalue weighted by Gasteiger charge is -1.59. The van der Waals surface area contributed by atoms with Gasteiger partial charge in [-0.25, -0.2) is 0 Å². The summed E-state index contributed by atoms with van der Waals surface area (Å²) in [7, 11) is 3.69. The van der Waals surface area contributed by atoms with Crippen molar-refractivity contribution >= 4 is 20.7 Å². The van der Waals surface area contributed by atoms with Crippen LogP contribution in [0.4, 0.5) is 0 Å². The maximum atomic E-state index is 2.20. The van der Waals surface area contributed by atoms with Crippen molar-refractivity contribution in [3.05, 3.63) is 15.8 Å². The average molecular weight is 167 g/mol. The Morgan fingerprint density at radius 3 is 2.25 bits per heavy atom. The van der Waals surface area contributed by atoms with E-state index in [4.69, 9.17) is 0 Å². The quantitative estimate of drug-likeness (QED) is 0.367. The van der Waals surface area contributed by atoms with Crippen LogP contribution in [0.25, 0.3) is 0 Å². The third-order valence-electron chi connectivity index (χ3n) is 0.711. The largest absolute Gasteiger partial charge is 1.00 e. The molecule has 0 saturated heterocycles. The van der Waals surface area contributed by atoms with E-state index < -0.39 is 0 Å². The van der Waals surface area contributed by atoms with Crippen LogP contribution < -0.4 is 12.4 Å². The lowest BCUT2D eigenvalue weighted by atomic mass is 10.5. The van der Waals surface area contributed by atoms with E-state index in [0.29, 0.717) is 0 Å². The first-order valence-corrected chi connectivity index (χ1v) is 4.30. The van der Waals surface area contributed by atoms with E-state index in [1.165, 1.54) is 9.75 Å². The highest BCUT2D eigenvalue weighted by Gasteiger charge is 2.01. The summed E-state index contributed by atoms with van der Waals surface area (Å²) < 4.78 is 0. The van der Waals surface area contributed by atoms with Gasteiger partial charge in [0.2, 0.25) is 4.88 Å². The number of hydrogen-bond donors (Lipinski definition) is 0. The minimum atomic E-state index is 0. The molecule has 0 aromatic carbocycles. The molecule has 0 fully saturated rings. The van der Waals surface area contributed by atoms with Crippen LogP contribution in [-0.2, 0) is 0 Å². The van der Waals surface area contributed by atoms with Gasteiger partial charge >= 0.3 is 0 Å². The monoisotopic (exact) mass is 166 g/mol. The fraction of sp³-hybridized carbons (Fsp3) is 0.400. The predicted octanol–water partition coefficient (Wildman–Crippen LogP) is -0.288. The molecule has 0 radical (unpaired) electrons. The maximum absolute atomic E-state index is 2.20. The molecule has 1 aromatic heterocycles. The van der Waals surface area contributed by atoms with Gasteiger partial charge in [-0.05, 0) is 6.92 Å². The third kappa shape index (κ3) is 2.07. The Kier molecular flexibility index (Phi) is 3.53. The zero-order valence-corrected chi connectivity index (χ0v) is 7.16. The first-order valence-electron chi connectivity index (χ1n) is 2.15. The van der Waals surface area contributed by atoms with Crippen LogP contribution in [0.15, 0.2) is 6.07 Å². The van der Waals surface area contributed by atoms with Gasteiger partial charge in [0.25, 0.3) is 10.3 Å². The fourth-order valence-electron chi connectivity index (χ4n) is 0.466. The summed E-state index contributed by atoms with van der Waals surface area (Å²) in [5.74, 6) is 0. The van der Waals surface area contributed by atoms with Crippen LogP contribution in [0.5, 0.6) is 0 Å². The smallest absolute Gasteiger partial charge is 0.294 e. The molecule has 3 heteroatoms. The van der Waals surface area contributed by atoms with E-state index in [1.54, 1.807) is 0 Å². The molecule has 0 amide bonds. The molecule has 0 aliphatic rings. The van der Waals surface area contributed by atoms with Crippen molar-refractivity contribution < 1.29 is 12.4 Å². The summed E-state index contributed by atoms with van der Waals surface area (Å²) >= 11 is 0. The molecule has 0 atom stereocenters. The summed E-state index contributed by atoms with van der Waals surface area (Å²) in [5.41, 5.74) is 0. The second-order valence-electron chi connectivity index (χ2n) is 1.53. The molecule has 0 unspecified atom stereocenters. The van der Waals surface area contributed by atoms with Crippen LogP contribution in [0.2, 0.25) is 0 Å². The van der Waals surface area contributed by atoms with Gasteiger partial charge in [-0.15, -0.1) is 0 Å². The minimum Gasteiger partial charge on any atom is -1.00 e. The molecule has 1 rings (SSSR count). The lowest BCUT2D eigenvalue weighted by Crippen LogP contribution is -3.00. The number of rotatable bonds is 0. The Hall–Kier alpha value is 0.340. The van der Waals surface area contributed by atoms with Gasteiger partial charge in [0.05, 0.1) is 4.88 Å². The molecule has 0 aliphatic heterocycles. The Morgan fingerprint density at radius 1 is 1.50 bits per heavy atom. The summed E-state index contributed by atoms with van der Waals surface area (Å²) in [6.45, 7) is 4.27. The van der Waals surface area contributed by atoms with E-state index in [2.05, 4.69) is 19.9 Å². The number of hydrogen-bond acceptors (Lipinski definition) is 1. The molecule has 8 heavy (non-hydrogen) atoms. The molecular formula is C5H7ClS2. The standard InChI is InChI=1S/C5H7S2.ClH/c1-4-3-5(2)7-6-4;/h3H,1-2H3;1H/q+1;/p-1. The van der Waals surface area contributed by atoms with Gasteiger partial charge < -0.3 is 12.4 Å². The summed E-state index contributed by atoms with van der Waals surface area (Å²) in [6.07, 6.45) is 0. The second-order valence-corrected chi connectivity index (χ2v) is 4.15. The summed E-state index contributed by atoms with van der Waals surface area (Å²) in [5, 5.41) is 0. The Morgan fingerprint density at radius 2 is 2.12 bits per heavy atom. The van der Waals surface area contributed by atoms with E-state index >= 15 is 0 Å². The van der Waals surface area contributed by atoms with E-state index in [-0.39, 0.29) is 12.4 Å². The van der Waals surface area contributed by atoms with Crippen molar-refractivity contribution in [2.75, 3.05) is 0 Å². The normalized spacial score (nSPS) is 8.25. The van der Waals surface area contributed by atoms with Crippen LogP contribution in [0.3, 0.4) is 0 Å². The van der Waals surface area contributed by atoms with Crippen molar-refractivity contribution in [3.63, 3.8) is 0 Å². The molecule has 1 aromatic rings. The van der Waals surface area contributed by atoms with Crippen LogP contribution in [-0.4, -0.2) is 0 Å². The van der Waals surface area contributed by atoms with Crippen molar-refractivity contribution in [1.29, 1.82) is 0 Å². The minimum absolute atomic E-state index is 0. The lowest BCUT2D eigenvalue weighted by molar-refractivity contribution is -0.00000142. The molecule has 0 N–H and O–H groups in total. The molecule has 0 spiro atoms. The third-order valence-corrected chi connectivity index (χ3v) is 3.38. The van der Waals surface area contributed by atoms with E-state index in [9.17, 15) is 0 Å². The first kappa shape index (κ1) is 8.34. The van der Waals surface area contributed by atoms with Crippen LogP contribution in [0.1, 0.15) is 9.75 Å². The van der Waals surface area contributed by atoms with E-state index in [1.807, 2.05) is 20.7 Å². The van der Waals surface area contributed by atoms with Crippen molar-refractivity contribution in [3.8, 4) is 0 Å². The zero-order chi connectivity index (χ0) is 5.28. The first-order chi connectivity index (χ1) is 3.29. The van der Waals surface area contributed by atoms with Crippen molar-refractivity contribution in [1.82, 2.24) is 0 Å². The van der Waals surface area contributed by atoms with Crippen LogP contribution >= 0.6 is 20.7 Å². The Balaban J connectivity index is 0.000000490. The molecule has 0 saturated carbocycles. The zero-order valence-electron chi connectivity index (χ0n) is 4.77. The second kappa shape index (κ2) is 3.38.